The molecule has 0 radical (unpaired) electrons. The minimum atomic E-state index is -0.141. The van der Waals surface area contributed by atoms with E-state index in [2.05, 4.69) is 25.1 Å². The van der Waals surface area contributed by atoms with Gasteiger partial charge in [0.1, 0.15) is 5.75 Å². The average molecular weight is 270 g/mol. The zero-order valence-corrected chi connectivity index (χ0v) is 11.9. The minimum Gasteiger partial charge on any atom is -0.493 e. The van der Waals surface area contributed by atoms with Gasteiger partial charge in [0.25, 0.3) is 0 Å². The Balaban J connectivity index is 2.42. The van der Waals surface area contributed by atoms with Crippen molar-refractivity contribution >= 4 is 0 Å². The maximum atomic E-state index is 6.03. The Labute approximate surface area is 120 Å². The molecule has 20 heavy (non-hydrogen) atoms. The van der Waals surface area contributed by atoms with Crippen LogP contribution in [0, 0.1) is 0 Å². The second kappa shape index (κ2) is 7.08. The molecule has 0 amide bonds. The van der Waals surface area contributed by atoms with Gasteiger partial charge in [-0.25, -0.2) is 0 Å². The molecule has 2 rings (SSSR count). The van der Waals surface area contributed by atoms with Crippen molar-refractivity contribution in [3.05, 3.63) is 54.1 Å². The highest BCUT2D eigenvalue weighted by Crippen LogP contribution is 2.32. The van der Waals surface area contributed by atoms with Crippen LogP contribution in [0.25, 0.3) is 11.1 Å². The largest absolute Gasteiger partial charge is 0.493 e. The maximum absolute atomic E-state index is 6.03. The summed E-state index contributed by atoms with van der Waals surface area (Å²) >= 11 is 0. The number of ether oxygens (including phenoxy) is 1. The number of benzene rings is 2. The van der Waals surface area contributed by atoms with Crippen molar-refractivity contribution in [2.24, 2.45) is 11.5 Å². The predicted molar refractivity (Wildman–Crippen MR) is 83.6 cm³/mol. The van der Waals surface area contributed by atoms with E-state index in [-0.39, 0.29) is 6.04 Å². The highest BCUT2D eigenvalue weighted by atomic mass is 16.5. The molecule has 0 saturated heterocycles. The van der Waals surface area contributed by atoms with Crippen LogP contribution in [0.2, 0.25) is 0 Å². The third-order valence-electron chi connectivity index (χ3n) is 3.23. The smallest absolute Gasteiger partial charge is 0.127 e. The molecule has 2 aromatic rings. The van der Waals surface area contributed by atoms with E-state index in [0.717, 1.165) is 28.9 Å². The van der Waals surface area contributed by atoms with Gasteiger partial charge in [0.15, 0.2) is 0 Å². The summed E-state index contributed by atoms with van der Waals surface area (Å²) < 4.78 is 5.84. The van der Waals surface area contributed by atoms with Gasteiger partial charge in [-0.2, -0.15) is 0 Å². The molecule has 0 fully saturated rings. The van der Waals surface area contributed by atoms with Crippen LogP contribution in [-0.2, 0) is 0 Å². The number of hydrogen-bond acceptors (Lipinski definition) is 3. The highest BCUT2D eigenvalue weighted by molar-refractivity contribution is 5.71. The molecule has 1 unspecified atom stereocenters. The van der Waals surface area contributed by atoms with Crippen LogP contribution in [0.4, 0.5) is 0 Å². The molecule has 0 aliphatic rings. The van der Waals surface area contributed by atoms with Gasteiger partial charge in [-0.1, -0.05) is 43.3 Å². The van der Waals surface area contributed by atoms with Gasteiger partial charge >= 0.3 is 0 Å². The lowest BCUT2D eigenvalue weighted by Crippen LogP contribution is -2.20. The fourth-order valence-electron chi connectivity index (χ4n) is 2.10. The Kier molecular flexibility index (Phi) is 5.16. The van der Waals surface area contributed by atoms with Crippen LogP contribution in [0.3, 0.4) is 0 Å². The Morgan fingerprint density at radius 3 is 2.50 bits per heavy atom. The molecule has 0 heterocycles. The van der Waals surface area contributed by atoms with Crippen LogP contribution in [0.5, 0.6) is 5.75 Å². The molecule has 3 nitrogen and oxygen atoms in total. The summed E-state index contributed by atoms with van der Waals surface area (Å²) in [5.74, 6) is 0.894. The molecule has 4 N–H and O–H groups in total. The van der Waals surface area contributed by atoms with Crippen molar-refractivity contribution in [1.82, 2.24) is 0 Å². The van der Waals surface area contributed by atoms with Crippen LogP contribution < -0.4 is 16.2 Å². The summed E-state index contributed by atoms with van der Waals surface area (Å²) in [5.41, 5.74) is 14.9. The van der Waals surface area contributed by atoms with Crippen molar-refractivity contribution < 1.29 is 4.74 Å². The van der Waals surface area contributed by atoms with Gasteiger partial charge in [-0.05, 0) is 29.7 Å². The van der Waals surface area contributed by atoms with Crippen molar-refractivity contribution in [3.8, 4) is 16.9 Å². The molecular formula is C17H22N2O. The Bertz CT molecular complexity index is 540. The topological polar surface area (TPSA) is 61.3 Å². The normalized spacial score (nSPS) is 12.2. The summed E-state index contributed by atoms with van der Waals surface area (Å²) in [5, 5.41) is 0. The van der Waals surface area contributed by atoms with Gasteiger partial charge in [-0.15, -0.1) is 0 Å². The highest BCUT2D eigenvalue weighted by Gasteiger charge is 2.11. The molecule has 0 saturated carbocycles. The van der Waals surface area contributed by atoms with E-state index in [0.29, 0.717) is 13.2 Å². The van der Waals surface area contributed by atoms with E-state index < -0.39 is 0 Å². The minimum absolute atomic E-state index is 0.141. The quantitative estimate of drug-likeness (QED) is 0.848. The second-order valence-electron chi connectivity index (χ2n) is 4.81. The van der Waals surface area contributed by atoms with Gasteiger partial charge < -0.3 is 16.2 Å². The molecule has 0 aliphatic carbocycles. The summed E-state index contributed by atoms with van der Waals surface area (Å²) in [6.45, 7) is 3.24. The van der Waals surface area contributed by atoms with E-state index in [1.165, 1.54) is 0 Å². The Hall–Kier alpha value is -1.84. The lowest BCUT2D eigenvalue weighted by atomic mass is 9.99. The standard InChI is InChI=1S/C17H22N2O/c1-2-10-20-17-9-8-14(16(19)12-18)11-15(17)13-6-4-3-5-7-13/h3-9,11,16H,2,10,12,18-19H2,1H3. The zero-order chi connectivity index (χ0) is 14.4. The fraction of sp³-hybridized carbons (Fsp3) is 0.294. The summed E-state index contributed by atoms with van der Waals surface area (Å²) in [6, 6.07) is 16.1. The second-order valence-corrected chi connectivity index (χ2v) is 4.81. The fourth-order valence-corrected chi connectivity index (χ4v) is 2.10. The Morgan fingerprint density at radius 2 is 1.85 bits per heavy atom. The molecule has 3 heteroatoms. The van der Waals surface area contributed by atoms with Crippen molar-refractivity contribution in [2.75, 3.05) is 13.2 Å². The number of nitrogens with two attached hydrogens (primary N) is 2. The van der Waals surface area contributed by atoms with Crippen molar-refractivity contribution in [2.45, 2.75) is 19.4 Å². The third kappa shape index (κ3) is 3.38. The van der Waals surface area contributed by atoms with E-state index in [4.69, 9.17) is 16.2 Å². The predicted octanol–water partition coefficient (Wildman–Crippen LogP) is 3.10. The molecule has 2 aromatic carbocycles. The summed E-state index contributed by atoms with van der Waals surface area (Å²) in [4.78, 5) is 0. The van der Waals surface area contributed by atoms with Crippen LogP contribution >= 0.6 is 0 Å². The average Bonchev–Trinajstić information content (AvgIpc) is 2.52. The molecular weight excluding hydrogens is 248 g/mol. The monoisotopic (exact) mass is 270 g/mol. The SMILES string of the molecule is CCCOc1ccc(C(N)CN)cc1-c1ccccc1. The summed E-state index contributed by atoms with van der Waals surface area (Å²) in [6.07, 6.45) is 0.984. The van der Waals surface area contributed by atoms with E-state index in [1.807, 2.05) is 30.3 Å². The van der Waals surface area contributed by atoms with E-state index in [9.17, 15) is 0 Å². The molecule has 106 valence electrons. The van der Waals surface area contributed by atoms with Gasteiger partial charge in [0.2, 0.25) is 0 Å². The van der Waals surface area contributed by atoms with E-state index >= 15 is 0 Å². The lowest BCUT2D eigenvalue weighted by molar-refractivity contribution is 0.318. The van der Waals surface area contributed by atoms with Crippen molar-refractivity contribution in [1.29, 1.82) is 0 Å². The first-order valence-corrected chi connectivity index (χ1v) is 7.04. The van der Waals surface area contributed by atoms with Crippen LogP contribution in [-0.4, -0.2) is 13.2 Å². The number of rotatable bonds is 6. The van der Waals surface area contributed by atoms with E-state index in [1.54, 1.807) is 0 Å². The molecule has 0 aliphatic heterocycles. The number of hydrogen-bond donors (Lipinski definition) is 2. The first-order valence-electron chi connectivity index (χ1n) is 7.04. The van der Waals surface area contributed by atoms with Gasteiger partial charge in [-0.3, -0.25) is 0 Å². The third-order valence-corrected chi connectivity index (χ3v) is 3.23. The first-order chi connectivity index (χ1) is 9.76. The van der Waals surface area contributed by atoms with Crippen LogP contribution in [0.1, 0.15) is 24.9 Å². The molecule has 0 spiro atoms. The first kappa shape index (κ1) is 14.6. The molecule has 0 aromatic heterocycles. The summed E-state index contributed by atoms with van der Waals surface area (Å²) in [7, 11) is 0. The molecule has 0 bridgehead atoms. The maximum Gasteiger partial charge on any atom is 0.127 e. The molecule has 1 atom stereocenters. The Morgan fingerprint density at radius 1 is 1.10 bits per heavy atom. The lowest BCUT2D eigenvalue weighted by Gasteiger charge is -2.15. The van der Waals surface area contributed by atoms with Crippen LogP contribution in [0.15, 0.2) is 48.5 Å². The van der Waals surface area contributed by atoms with Crippen molar-refractivity contribution in [3.63, 3.8) is 0 Å². The van der Waals surface area contributed by atoms with Gasteiger partial charge in [0, 0.05) is 18.2 Å². The van der Waals surface area contributed by atoms with Gasteiger partial charge in [0.05, 0.1) is 6.61 Å². The zero-order valence-electron chi connectivity index (χ0n) is 11.9.